The second kappa shape index (κ2) is 10.4. The van der Waals surface area contributed by atoms with Gasteiger partial charge in [-0.3, -0.25) is 24.4 Å². The molecular weight excluding hydrogens is 445 g/mol. The van der Waals surface area contributed by atoms with Gasteiger partial charge in [-0.25, -0.2) is 0 Å². The lowest BCUT2D eigenvalue weighted by Gasteiger charge is -2.26. The number of piperidine rings is 1. The van der Waals surface area contributed by atoms with E-state index in [1.165, 1.54) is 30.6 Å². The fourth-order valence-corrected chi connectivity index (χ4v) is 4.23. The van der Waals surface area contributed by atoms with Gasteiger partial charge in [0.2, 0.25) is 11.8 Å². The molecule has 3 aliphatic rings. The molecule has 8 heteroatoms. The monoisotopic (exact) mass is 477 g/mol. The lowest BCUT2D eigenvalue weighted by atomic mass is 10.1. The zero-order chi connectivity index (χ0) is 17.6. The van der Waals surface area contributed by atoms with Crippen molar-refractivity contribution in [3.8, 4) is 0 Å². The summed E-state index contributed by atoms with van der Waals surface area (Å²) in [5.41, 5.74) is 0. The van der Waals surface area contributed by atoms with E-state index in [0.29, 0.717) is 38.4 Å². The molecule has 2 N–H and O–H groups in total. The van der Waals surface area contributed by atoms with Crippen LogP contribution >= 0.6 is 24.0 Å². The zero-order valence-electron chi connectivity index (χ0n) is 15.7. The van der Waals surface area contributed by atoms with Crippen LogP contribution in [0.3, 0.4) is 0 Å². The number of aliphatic imine (C=N–C) groups is 1. The first-order valence-corrected chi connectivity index (χ1v) is 9.72. The van der Waals surface area contributed by atoms with Crippen LogP contribution in [0.4, 0.5) is 0 Å². The van der Waals surface area contributed by atoms with Crippen LogP contribution in [0.2, 0.25) is 0 Å². The lowest BCUT2D eigenvalue weighted by molar-refractivity contribution is -0.147. The molecule has 7 nitrogen and oxygen atoms in total. The maximum atomic E-state index is 11.8. The van der Waals surface area contributed by atoms with E-state index < -0.39 is 0 Å². The van der Waals surface area contributed by atoms with E-state index in [0.717, 1.165) is 31.5 Å². The Labute approximate surface area is 173 Å². The van der Waals surface area contributed by atoms with E-state index in [2.05, 4.69) is 20.5 Å². The van der Waals surface area contributed by atoms with Crippen LogP contribution in [-0.4, -0.2) is 72.9 Å². The van der Waals surface area contributed by atoms with Crippen LogP contribution in [0.5, 0.6) is 0 Å². The first-order valence-electron chi connectivity index (χ1n) is 9.72. The number of likely N-dealkylation sites (tertiary alicyclic amines) is 2. The number of rotatable bonds is 5. The molecule has 3 fully saturated rings. The molecule has 2 aliphatic heterocycles. The highest BCUT2D eigenvalue weighted by molar-refractivity contribution is 14.0. The fraction of sp³-hybridized carbons (Fsp3) is 0.833. The first-order chi connectivity index (χ1) is 12.2. The van der Waals surface area contributed by atoms with Crippen LogP contribution in [0.15, 0.2) is 4.99 Å². The SMILES string of the molecule is CN=C(NCCN1C(=O)CCCC1=O)NC1CCN(C2CCCC2)C1.I. The van der Waals surface area contributed by atoms with Gasteiger partial charge in [0.15, 0.2) is 5.96 Å². The summed E-state index contributed by atoms with van der Waals surface area (Å²) < 4.78 is 0. The van der Waals surface area contributed by atoms with Gasteiger partial charge in [0.1, 0.15) is 0 Å². The molecular formula is C18H32IN5O2. The van der Waals surface area contributed by atoms with Crippen LogP contribution in [-0.2, 0) is 9.59 Å². The number of nitrogens with one attached hydrogen (secondary N) is 2. The highest BCUT2D eigenvalue weighted by Gasteiger charge is 2.30. The molecule has 0 bridgehead atoms. The highest BCUT2D eigenvalue weighted by atomic mass is 127. The summed E-state index contributed by atoms with van der Waals surface area (Å²) in [5, 5.41) is 6.73. The molecule has 0 aromatic heterocycles. The van der Waals surface area contributed by atoms with Gasteiger partial charge in [-0.15, -0.1) is 24.0 Å². The van der Waals surface area contributed by atoms with Crippen molar-refractivity contribution >= 4 is 41.8 Å². The Hall–Kier alpha value is -0.900. The van der Waals surface area contributed by atoms with Crippen molar-refractivity contribution in [1.82, 2.24) is 20.4 Å². The third-order valence-corrected chi connectivity index (χ3v) is 5.64. The van der Waals surface area contributed by atoms with Gasteiger partial charge in [-0.2, -0.15) is 0 Å². The Morgan fingerprint density at radius 1 is 1.12 bits per heavy atom. The summed E-state index contributed by atoms with van der Waals surface area (Å²) in [6, 6.07) is 1.20. The van der Waals surface area contributed by atoms with Gasteiger partial charge in [0, 0.05) is 58.2 Å². The van der Waals surface area contributed by atoms with Gasteiger partial charge in [-0.1, -0.05) is 12.8 Å². The average molecular weight is 477 g/mol. The smallest absolute Gasteiger partial charge is 0.229 e. The molecule has 148 valence electrons. The van der Waals surface area contributed by atoms with E-state index >= 15 is 0 Å². The van der Waals surface area contributed by atoms with Crippen LogP contribution in [0.25, 0.3) is 0 Å². The number of hydrogen-bond acceptors (Lipinski definition) is 4. The quantitative estimate of drug-likeness (QED) is 0.271. The first kappa shape index (κ1) is 21.4. The van der Waals surface area contributed by atoms with E-state index in [1.807, 2.05) is 0 Å². The number of carbonyl (C=O) groups excluding carboxylic acids is 2. The molecule has 0 aromatic rings. The molecule has 1 aliphatic carbocycles. The van der Waals surface area contributed by atoms with Crippen molar-refractivity contribution in [2.24, 2.45) is 4.99 Å². The van der Waals surface area contributed by atoms with E-state index in [-0.39, 0.29) is 35.8 Å². The minimum atomic E-state index is -0.0519. The number of amides is 2. The van der Waals surface area contributed by atoms with Gasteiger partial charge in [0.05, 0.1) is 0 Å². The molecule has 2 amide bonds. The van der Waals surface area contributed by atoms with Crippen LogP contribution < -0.4 is 10.6 Å². The zero-order valence-corrected chi connectivity index (χ0v) is 18.0. The number of hydrogen-bond donors (Lipinski definition) is 2. The van der Waals surface area contributed by atoms with Crippen LogP contribution in [0, 0.1) is 0 Å². The molecule has 0 radical (unpaired) electrons. The Bertz CT molecular complexity index is 506. The summed E-state index contributed by atoms with van der Waals surface area (Å²) in [6.45, 7) is 3.19. The van der Waals surface area contributed by atoms with Crippen LogP contribution in [0.1, 0.15) is 51.4 Å². The highest BCUT2D eigenvalue weighted by Crippen LogP contribution is 2.26. The summed E-state index contributed by atoms with van der Waals surface area (Å²) >= 11 is 0. The van der Waals surface area contributed by atoms with E-state index in [4.69, 9.17) is 0 Å². The topological polar surface area (TPSA) is 77.0 Å². The van der Waals surface area contributed by atoms with Crippen molar-refractivity contribution in [2.45, 2.75) is 63.5 Å². The molecule has 2 saturated heterocycles. The second-order valence-electron chi connectivity index (χ2n) is 7.35. The van der Waals surface area contributed by atoms with Gasteiger partial charge in [0.25, 0.3) is 0 Å². The van der Waals surface area contributed by atoms with Crippen molar-refractivity contribution < 1.29 is 9.59 Å². The number of imide groups is 1. The summed E-state index contributed by atoms with van der Waals surface area (Å²) in [4.78, 5) is 31.9. The van der Waals surface area contributed by atoms with Crippen molar-refractivity contribution in [1.29, 1.82) is 0 Å². The normalized spacial score (nSPS) is 25.5. The van der Waals surface area contributed by atoms with Gasteiger partial charge < -0.3 is 10.6 Å². The number of halogens is 1. The molecule has 3 rings (SSSR count). The maximum absolute atomic E-state index is 11.8. The second-order valence-corrected chi connectivity index (χ2v) is 7.35. The number of nitrogens with zero attached hydrogens (tertiary/aromatic N) is 3. The Balaban J connectivity index is 0.00000243. The largest absolute Gasteiger partial charge is 0.355 e. The van der Waals surface area contributed by atoms with Crippen molar-refractivity contribution in [2.75, 3.05) is 33.2 Å². The standard InChI is InChI=1S/C18H31N5O2.HI/c1-19-18(20-10-12-23-16(24)7-4-8-17(23)25)21-14-9-11-22(13-14)15-5-2-3-6-15;/h14-15H,2-13H2,1H3,(H2,19,20,21);1H. The molecule has 2 heterocycles. The lowest BCUT2D eigenvalue weighted by Crippen LogP contribution is -2.49. The fourth-order valence-electron chi connectivity index (χ4n) is 4.23. The van der Waals surface area contributed by atoms with Crippen molar-refractivity contribution in [3.05, 3.63) is 0 Å². The molecule has 1 atom stereocenters. The Kier molecular flexibility index (Phi) is 8.59. The number of carbonyl (C=O) groups is 2. The minimum absolute atomic E-state index is 0. The van der Waals surface area contributed by atoms with E-state index in [9.17, 15) is 9.59 Å². The average Bonchev–Trinajstić information content (AvgIpc) is 3.27. The van der Waals surface area contributed by atoms with Gasteiger partial charge >= 0.3 is 0 Å². The summed E-state index contributed by atoms with van der Waals surface area (Å²) in [7, 11) is 1.76. The molecule has 1 unspecified atom stereocenters. The summed E-state index contributed by atoms with van der Waals surface area (Å²) in [6.07, 6.45) is 8.22. The van der Waals surface area contributed by atoms with E-state index in [1.54, 1.807) is 7.05 Å². The Morgan fingerprint density at radius 3 is 2.46 bits per heavy atom. The Morgan fingerprint density at radius 2 is 1.81 bits per heavy atom. The number of guanidine groups is 1. The molecule has 0 spiro atoms. The maximum Gasteiger partial charge on any atom is 0.229 e. The van der Waals surface area contributed by atoms with Crippen molar-refractivity contribution in [3.63, 3.8) is 0 Å². The van der Waals surface area contributed by atoms with Gasteiger partial charge in [-0.05, 0) is 25.7 Å². The minimum Gasteiger partial charge on any atom is -0.355 e. The molecule has 0 aromatic carbocycles. The summed E-state index contributed by atoms with van der Waals surface area (Å²) in [5.74, 6) is 0.656. The predicted octanol–water partition coefficient (Wildman–Crippen LogP) is 1.33. The third-order valence-electron chi connectivity index (χ3n) is 5.64. The molecule has 26 heavy (non-hydrogen) atoms. The third kappa shape index (κ3) is 5.55. The predicted molar refractivity (Wildman–Crippen MR) is 113 cm³/mol. The molecule has 1 saturated carbocycles.